The number of sulfonamides is 1. The van der Waals surface area contributed by atoms with Crippen LogP contribution in [-0.4, -0.2) is 78.2 Å². The second-order valence-electron chi connectivity index (χ2n) is 9.29. The van der Waals surface area contributed by atoms with E-state index in [9.17, 15) is 23.4 Å². The van der Waals surface area contributed by atoms with Crippen molar-refractivity contribution in [3.63, 3.8) is 0 Å². The summed E-state index contributed by atoms with van der Waals surface area (Å²) in [4.78, 5) is 13.4. The Hall–Kier alpha value is -2.12. The van der Waals surface area contributed by atoms with Crippen LogP contribution in [0.1, 0.15) is 52.0 Å². The first kappa shape index (κ1) is 25.5. The van der Waals surface area contributed by atoms with Crippen molar-refractivity contribution < 1.29 is 28.2 Å². The summed E-state index contributed by atoms with van der Waals surface area (Å²) in [6, 6.07) is 4.03. The smallest absolute Gasteiger partial charge is 0.247 e. The molecule has 1 saturated carbocycles. The minimum absolute atomic E-state index is 0.00435. The molecule has 3 atom stereocenters. The number of ether oxygens (including phenoxy) is 1. The van der Waals surface area contributed by atoms with Gasteiger partial charge in [-0.05, 0) is 50.8 Å². The second kappa shape index (κ2) is 10.0. The third-order valence-corrected chi connectivity index (χ3v) is 8.55. The summed E-state index contributed by atoms with van der Waals surface area (Å²) in [7, 11) is -2.27. The quantitative estimate of drug-likeness (QED) is 0.637. The summed E-state index contributed by atoms with van der Waals surface area (Å²) in [6.45, 7) is 5.11. The molecule has 2 N–H and O–H groups in total. The molecule has 2 aliphatic rings. The molecular formula is C24H34N2O6S. The average molecular weight is 479 g/mol. The minimum Gasteiger partial charge on any atom is -0.487 e. The Labute approximate surface area is 196 Å². The standard InChI is InChI=1S/C24H34N2O6S/c1-17-14-26(18(2)16-27)33(30,31)23-8-7-20(9-12-24(29)10-5-6-11-24)13-21(23)32-22(17)15-25(4)19(3)28/h7-8,13,17-18,22,27,29H,5-6,10-11,14-16H2,1-4H3/t17-,18+,22-/m0/s1. The number of aliphatic hydroxyl groups excluding tert-OH is 1. The number of nitrogens with zero attached hydrogens (tertiary/aromatic N) is 2. The zero-order chi connectivity index (χ0) is 24.4. The Bertz CT molecular complexity index is 1040. The lowest BCUT2D eigenvalue weighted by Gasteiger charge is -2.37. The summed E-state index contributed by atoms with van der Waals surface area (Å²) >= 11 is 0. The third-order valence-electron chi connectivity index (χ3n) is 6.53. The number of amides is 1. The lowest BCUT2D eigenvalue weighted by atomic mass is 10.0. The van der Waals surface area contributed by atoms with Crippen LogP contribution in [0.2, 0.25) is 0 Å². The van der Waals surface area contributed by atoms with Gasteiger partial charge in [0.25, 0.3) is 0 Å². The van der Waals surface area contributed by atoms with Crippen LogP contribution in [0.3, 0.4) is 0 Å². The Morgan fingerprint density at radius 1 is 1.36 bits per heavy atom. The highest BCUT2D eigenvalue weighted by Crippen LogP contribution is 2.34. The molecule has 1 amide bonds. The molecule has 1 aromatic rings. The van der Waals surface area contributed by atoms with Crippen LogP contribution in [0.15, 0.2) is 23.1 Å². The van der Waals surface area contributed by atoms with Crippen molar-refractivity contribution in [3.05, 3.63) is 23.8 Å². The van der Waals surface area contributed by atoms with Crippen LogP contribution < -0.4 is 4.74 Å². The number of hydrogen-bond donors (Lipinski definition) is 2. The minimum atomic E-state index is -3.94. The van der Waals surface area contributed by atoms with Crippen LogP contribution in [0.4, 0.5) is 0 Å². The van der Waals surface area contributed by atoms with Crippen molar-refractivity contribution >= 4 is 15.9 Å². The topological polar surface area (TPSA) is 107 Å². The molecule has 0 unspecified atom stereocenters. The Morgan fingerprint density at radius 3 is 2.64 bits per heavy atom. The average Bonchev–Trinajstić information content (AvgIpc) is 3.20. The highest BCUT2D eigenvalue weighted by molar-refractivity contribution is 7.89. The molecule has 33 heavy (non-hydrogen) atoms. The third kappa shape index (κ3) is 5.69. The van der Waals surface area contributed by atoms with E-state index in [2.05, 4.69) is 11.8 Å². The fourth-order valence-electron chi connectivity index (χ4n) is 4.19. The van der Waals surface area contributed by atoms with Crippen LogP contribution in [0, 0.1) is 17.8 Å². The predicted molar refractivity (Wildman–Crippen MR) is 124 cm³/mol. The van der Waals surface area contributed by atoms with E-state index in [1.807, 2.05) is 6.92 Å². The van der Waals surface area contributed by atoms with E-state index in [4.69, 9.17) is 4.74 Å². The first-order valence-electron chi connectivity index (χ1n) is 11.4. The molecule has 1 aliphatic heterocycles. The van der Waals surface area contributed by atoms with E-state index in [1.54, 1.807) is 26.1 Å². The first-order valence-corrected chi connectivity index (χ1v) is 12.8. The Morgan fingerprint density at radius 2 is 2.03 bits per heavy atom. The summed E-state index contributed by atoms with van der Waals surface area (Å²) in [6.07, 6.45) is 2.64. The van der Waals surface area contributed by atoms with Crippen molar-refractivity contribution in [2.75, 3.05) is 26.7 Å². The Balaban J connectivity index is 2.06. The molecule has 9 heteroatoms. The lowest BCUT2D eigenvalue weighted by Crippen LogP contribution is -2.50. The molecule has 0 saturated heterocycles. The van der Waals surface area contributed by atoms with Gasteiger partial charge in [-0.1, -0.05) is 18.8 Å². The van der Waals surface area contributed by atoms with Gasteiger partial charge in [0.05, 0.1) is 13.2 Å². The van der Waals surface area contributed by atoms with Gasteiger partial charge in [0.15, 0.2) is 0 Å². The van der Waals surface area contributed by atoms with E-state index in [0.29, 0.717) is 18.4 Å². The molecule has 8 nitrogen and oxygen atoms in total. The van der Waals surface area contributed by atoms with Crippen molar-refractivity contribution in [2.45, 2.75) is 69.1 Å². The highest BCUT2D eigenvalue weighted by Gasteiger charge is 2.38. The molecule has 1 fully saturated rings. The zero-order valence-electron chi connectivity index (χ0n) is 19.7. The van der Waals surface area contributed by atoms with E-state index < -0.39 is 27.8 Å². The van der Waals surface area contributed by atoms with Crippen LogP contribution >= 0.6 is 0 Å². The zero-order valence-corrected chi connectivity index (χ0v) is 20.6. The maximum Gasteiger partial charge on any atom is 0.247 e. The van der Waals surface area contributed by atoms with E-state index in [1.165, 1.54) is 22.2 Å². The van der Waals surface area contributed by atoms with Gasteiger partial charge < -0.3 is 19.8 Å². The van der Waals surface area contributed by atoms with Gasteiger partial charge in [-0.3, -0.25) is 4.79 Å². The fourth-order valence-corrected chi connectivity index (χ4v) is 6.02. The molecule has 0 radical (unpaired) electrons. The largest absolute Gasteiger partial charge is 0.487 e. The summed E-state index contributed by atoms with van der Waals surface area (Å²) < 4.78 is 34.5. The summed E-state index contributed by atoms with van der Waals surface area (Å²) in [5.74, 6) is 5.70. The predicted octanol–water partition coefficient (Wildman–Crippen LogP) is 1.59. The van der Waals surface area contributed by atoms with Crippen molar-refractivity contribution in [3.8, 4) is 17.6 Å². The second-order valence-corrected chi connectivity index (χ2v) is 11.1. The fraction of sp³-hybridized carbons (Fsp3) is 0.625. The van der Waals surface area contributed by atoms with Crippen LogP contribution in [0.25, 0.3) is 0 Å². The summed E-state index contributed by atoms with van der Waals surface area (Å²) in [5.41, 5.74) is -0.468. The number of hydrogen-bond acceptors (Lipinski definition) is 6. The molecule has 1 aliphatic carbocycles. The van der Waals surface area contributed by atoms with Gasteiger partial charge in [0.1, 0.15) is 22.4 Å². The number of benzene rings is 1. The van der Waals surface area contributed by atoms with Crippen molar-refractivity contribution in [1.82, 2.24) is 9.21 Å². The Kier molecular flexibility index (Phi) is 7.74. The van der Waals surface area contributed by atoms with Gasteiger partial charge in [0.2, 0.25) is 15.9 Å². The molecule has 1 aromatic carbocycles. The monoisotopic (exact) mass is 478 g/mol. The van der Waals surface area contributed by atoms with Crippen LogP contribution in [-0.2, 0) is 14.8 Å². The molecule has 0 aromatic heterocycles. The number of rotatable bonds is 4. The molecule has 3 rings (SSSR count). The highest BCUT2D eigenvalue weighted by atomic mass is 32.2. The van der Waals surface area contributed by atoms with E-state index >= 15 is 0 Å². The number of aliphatic hydroxyl groups is 2. The van der Waals surface area contributed by atoms with E-state index in [-0.39, 0.29) is 42.2 Å². The molecule has 0 spiro atoms. The van der Waals surface area contributed by atoms with Crippen LogP contribution in [0.5, 0.6) is 5.75 Å². The number of carbonyl (C=O) groups excluding carboxylic acids is 1. The molecule has 182 valence electrons. The normalized spacial score (nSPS) is 24.9. The molecular weight excluding hydrogens is 444 g/mol. The van der Waals surface area contributed by atoms with Gasteiger partial charge in [0, 0.05) is 38.0 Å². The maximum absolute atomic E-state index is 13.5. The number of fused-ring (bicyclic) bond motifs is 1. The molecule has 0 bridgehead atoms. The van der Waals surface area contributed by atoms with Gasteiger partial charge >= 0.3 is 0 Å². The van der Waals surface area contributed by atoms with E-state index in [0.717, 1.165) is 12.8 Å². The number of likely N-dealkylation sites (N-methyl/N-ethyl adjacent to an activating group) is 1. The van der Waals surface area contributed by atoms with Gasteiger partial charge in [-0.2, -0.15) is 4.31 Å². The van der Waals surface area contributed by atoms with Crippen molar-refractivity contribution in [2.24, 2.45) is 5.92 Å². The van der Waals surface area contributed by atoms with Crippen molar-refractivity contribution in [1.29, 1.82) is 0 Å². The summed E-state index contributed by atoms with van der Waals surface area (Å²) in [5, 5.41) is 20.2. The SMILES string of the molecule is CC(=O)N(C)C[C@@H]1Oc2cc(C#CC3(O)CCCC3)ccc2S(=O)(=O)N([C@H](C)CO)C[C@@H]1C. The number of carbonyl (C=O) groups is 1. The van der Waals surface area contributed by atoms with Gasteiger partial charge in [-0.25, -0.2) is 8.42 Å². The first-order chi connectivity index (χ1) is 15.5. The maximum atomic E-state index is 13.5. The van der Waals surface area contributed by atoms with Gasteiger partial charge in [-0.15, -0.1) is 0 Å². The molecule has 1 heterocycles. The lowest BCUT2D eigenvalue weighted by molar-refractivity contribution is -0.129.